The quantitative estimate of drug-likeness (QED) is 0.879. The summed E-state index contributed by atoms with van der Waals surface area (Å²) in [5.41, 5.74) is 1.33. The molecule has 1 aromatic heterocycles. The van der Waals surface area contributed by atoms with Gasteiger partial charge in [0, 0.05) is 36.9 Å². The van der Waals surface area contributed by atoms with Gasteiger partial charge in [-0.05, 0) is 6.42 Å². The predicted octanol–water partition coefficient (Wildman–Crippen LogP) is 1.92. The van der Waals surface area contributed by atoms with Crippen LogP contribution in [0.15, 0.2) is 10.4 Å². The molecule has 2 rings (SSSR count). The van der Waals surface area contributed by atoms with Crippen LogP contribution < -0.4 is 10.6 Å². The molecule has 1 aliphatic rings. The first-order valence-corrected chi connectivity index (χ1v) is 7.41. The van der Waals surface area contributed by atoms with E-state index in [2.05, 4.69) is 46.8 Å². The molecule has 2 N–H and O–H groups in total. The fraction of sp³-hybridized carbons (Fsp3) is 0.692. The third-order valence-corrected chi connectivity index (χ3v) is 4.08. The molecule has 1 aromatic rings. The van der Waals surface area contributed by atoms with E-state index in [1.54, 1.807) is 11.3 Å². The topological polar surface area (TPSA) is 49.3 Å². The van der Waals surface area contributed by atoms with E-state index < -0.39 is 0 Å². The molecule has 0 aliphatic carbocycles. The Labute approximate surface area is 113 Å². The number of aliphatic imine (C=N–C) groups is 1. The van der Waals surface area contributed by atoms with Gasteiger partial charge in [-0.1, -0.05) is 20.8 Å². The molecule has 0 unspecified atom stereocenters. The van der Waals surface area contributed by atoms with E-state index in [4.69, 9.17) is 0 Å². The summed E-state index contributed by atoms with van der Waals surface area (Å²) in [5.74, 6) is 0.938. The number of hydrogen-bond acceptors (Lipinski definition) is 5. The zero-order valence-electron chi connectivity index (χ0n) is 11.4. The highest BCUT2D eigenvalue weighted by Crippen LogP contribution is 2.25. The van der Waals surface area contributed by atoms with Gasteiger partial charge in [-0.3, -0.25) is 4.99 Å². The van der Waals surface area contributed by atoms with E-state index in [1.165, 1.54) is 10.7 Å². The predicted molar refractivity (Wildman–Crippen MR) is 77.4 cm³/mol. The molecule has 0 fully saturated rings. The second-order valence-corrected chi connectivity index (χ2v) is 6.44. The maximum absolute atomic E-state index is 4.68. The number of guanidine groups is 1. The number of thiazole rings is 1. The summed E-state index contributed by atoms with van der Waals surface area (Å²) >= 11 is 1.76. The summed E-state index contributed by atoms with van der Waals surface area (Å²) in [5, 5.41) is 9.96. The van der Waals surface area contributed by atoms with Gasteiger partial charge in [0.05, 0.1) is 10.7 Å². The van der Waals surface area contributed by atoms with Crippen molar-refractivity contribution in [2.45, 2.75) is 39.0 Å². The molecule has 0 radical (unpaired) electrons. The Hall–Kier alpha value is -1.10. The van der Waals surface area contributed by atoms with Crippen LogP contribution in [-0.4, -0.2) is 30.6 Å². The first kappa shape index (κ1) is 13.3. The van der Waals surface area contributed by atoms with Crippen molar-refractivity contribution in [2.75, 3.05) is 19.6 Å². The number of nitrogens with one attached hydrogen (secondary N) is 2. The van der Waals surface area contributed by atoms with E-state index >= 15 is 0 Å². The second kappa shape index (κ2) is 5.69. The number of nitrogens with zero attached hydrogens (tertiary/aromatic N) is 2. The van der Waals surface area contributed by atoms with Crippen LogP contribution in [0, 0.1) is 0 Å². The van der Waals surface area contributed by atoms with Crippen molar-refractivity contribution in [3.8, 4) is 0 Å². The molecule has 0 bridgehead atoms. The summed E-state index contributed by atoms with van der Waals surface area (Å²) in [6, 6.07) is 0. The summed E-state index contributed by atoms with van der Waals surface area (Å²) in [6.45, 7) is 9.45. The molecular formula is C13H22N4S. The van der Waals surface area contributed by atoms with Crippen LogP contribution in [0.1, 0.15) is 37.9 Å². The van der Waals surface area contributed by atoms with Crippen LogP contribution in [0.3, 0.4) is 0 Å². The highest BCUT2D eigenvalue weighted by atomic mass is 32.1. The Kier molecular flexibility index (Phi) is 4.22. The number of aromatic nitrogens is 1. The van der Waals surface area contributed by atoms with Gasteiger partial charge in [0.25, 0.3) is 0 Å². The molecule has 0 atom stereocenters. The van der Waals surface area contributed by atoms with Crippen molar-refractivity contribution >= 4 is 17.3 Å². The molecule has 0 aromatic carbocycles. The first-order chi connectivity index (χ1) is 8.55. The molecule has 0 saturated carbocycles. The minimum atomic E-state index is 0.158. The molecule has 5 heteroatoms. The fourth-order valence-electron chi connectivity index (χ4n) is 1.73. The van der Waals surface area contributed by atoms with E-state index in [9.17, 15) is 0 Å². The van der Waals surface area contributed by atoms with E-state index in [-0.39, 0.29) is 5.41 Å². The summed E-state index contributed by atoms with van der Waals surface area (Å²) in [6.07, 6.45) is 2.08. The smallest absolute Gasteiger partial charge is 0.191 e. The Morgan fingerprint density at radius 3 is 2.89 bits per heavy atom. The summed E-state index contributed by atoms with van der Waals surface area (Å²) < 4.78 is 0. The lowest BCUT2D eigenvalue weighted by atomic mass is 9.98. The zero-order chi connectivity index (χ0) is 13.0. The molecular weight excluding hydrogens is 244 g/mol. The van der Waals surface area contributed by atoms with Gasteiger partial charge in [0.1, 0.15) is 0 Å². The molecule has 18 heavy (non-hydrogen) atoms. The van der Waals surface area contributed by atoms with Gasteiger partial charge >= 0.3 is 0 Å². The fourth-order valence-corrected chi connectivity index (χ4v) is 2.67. The minimum Gasteiger partial charge on any atom is -0.356 e. The van der Waals surface area contributed by atoms with Crippen molar-refractivity contribution in [1.29, 1.82) is 0 Å². The summed E-state index contributed by atoms with van der Waals surface area (Å²) in [7, 11) is 0. The highest BCUT2D eigenvalue weighted by Gasteiger charge is 2.17. The Morgan fingerprint density at radius 2 is 2.28 bits per heavy atom. The largest absolute Gasteiger partial charge is 0.356 e. The Morgan fingerprint density at radius 1 is 1.44 bits per heavy atom. The van der Waals surface area contributed by atoms with Gasteiger partial charge in [0.15, 0.2) is 5.96 Å². The van der Waals surface area contributed by atoms with Crippen LogP contribution in [0.25, 0.3) is 0 Å². The van der Waals surface area contributed by atoms with E-state index in [0.29, 0.717) is 0 Å². The maximum atomic E-state index is 4.68. The number of rotatable bonds is 3. The lowest BCUT2D eigenvalue weighted by Gasteiger charge is -2.15. The van der Waals surface area contributed by atoms with Crippen LogP contribution >= 0.6 is 11.3 Å². The number of hydrogen-bond donors (Lipinski definition) is 2. The maximum Gasteiger partial charge on any atom is 0.191 e. The summed E-state index contributed by atoms with van der Waals surface area (Å²) in [4.78, 5) is 9.06. The first-order valence-electron chi connectivity index (χ1n) is 6.53. The van der Waals surface area contributed by atoms with Crippen molar-refractivity contribution in [1.82, 2.24) is 15.6 Å². The van der Waals surface area contributed by atoms with Crippen molar-refractivity contribution < 1.29 is 0 Å². The SMILES string of the molecule is CC(C)(C)c1nc(CCNC2=NCCCN2)cs1. The molecule has 0 amide bonds. The molecule has 100 valence electrons. The van der Waals surface area contributed by atoms with Crippen molar-refractivity contribution in [2.24, 2.45) is 4.99 Å². The Balaban J connectivity index is 1.80. The molecule has 2 heterocycles. The van der Waals surface area contributed by atoms with Gasteiger partial charge in [-0.2, -0.15) is 0 Å². The average Bonchev–Trinajstić information content (AvgIpc) is 2.79. The minimum absolute atomic E-state index is 0.158. The lowest BCUT2D eigenvalue weighted by Crippen LogP contribution is -2.41. The van der Waals surface area contributed by atoms with Crippen LogP contribution in [0.2, 0.25) is 0 Å². The van der Waals surface area contributed by atoms with Crippen LogP contribution in [-0.2, 0) is 11.8 Å². The molecule has 0 spiro atoms. The van der Waals surface area contributed by atoms with Gasteiger partial charge in [-0.25, -0.2) is 4.98 Å². The van der Waals surface area contributed by atoms with Gasteiger partial charge in [0.2, 0.25) is 0 Å². The normalized spacial score (nSPS) is 16.1. The average molecular weight is 266 g/mol. The van der Waals surface area contributed by atoms with Gasteiger partial charge < -0.3 is 10.6 Å². The third-order valence-electron chi connectivity index (χ3n) is 2.76. The zero-order valence-corrected chi connectivity index (χ0v) is 12.2. The van der Waals surface area contributed by atoms with Crippen LogP contribution in [0.5, 0.6) is 0 Å². The van der Waals surface area contributed by atoms with Gasteiger partial charge in [-0.15, -0.1) is 11.3 Å². The van der Waals surface area contributed by atoms with E-state index in [1.807, 2.05) is 0 Å². The van der Waals surface area contributed by atoms with Crippen molar-refractivity contribution in [3.63, 3.8) is 0 Å². The van der Waals surface area contributed by atoms with E-state index in [0.717, 1.165) is 38.4 Å². The highest BCUT2D eigenvalue weighted by molar-refractivity contribution is 7.09. The standard InChI is InChI=1S/C13H22N4S/c1-13(2,3)11-17-10(9-18-11)5-8-16-12-14-6-4-7-15-12/h9H,4-8H2,1-3H3,(H2,14,15,16). The monoisotopic (exact) mass is 266 g/mol. The second-order valence-electron chi connectivity index (χ2n) is 5.58. The van der Waals surface area contributed by atoms with Crippen molar-refractivity contribution in [3.05, 3.63) is 16.1 Å². The molecule has 1 aliphatic heterocycles. The third kappa shape index (κ3) is 3.70. The van der Waals surface area contributed by atoms with Crippen LogP contribution in [0.4, 0.5) is 0 Å². The lowest BCUT2D eigenvalue weighted by molar-refractivity contribution is 0.582. The molecule has 4 nitrogen and oxygen atoms in total. The molecule has 0 saturated heterocycles. The Bertz CT molecular complexity index is 417.